The molecule has 124 valence electrons. The Bertz CT molecular complexity index is 672. The highest BCUT2D eigenvalue weighted by atomic mass is 79.9. The predicted octanol–water partition coefficient (Wildman–Crippen LogP) is 6.42. The van der Waals surface area contributed by atoms with Crippen LogP contribution in [0.15, 0.2) is 58.8 Å². The van der Waals surface area contributed by atoms with Crippen LogP contribution in [-0.2, 0) is 0 Å². The van der Waals surface area contributed by atoms with E-state index < -0.39 is 0 Å². The van der Waals surface area contributed by atoms with Gasteiger partial charge in [0.15, 0.2) is 0 Å². The third kappa shape index (κ3) is 6.55. The van der Waals surface area contributed by atoms with E-state index in [0.717, 1.165) is 41.0 Å². The van der Waals surface area contributed by atoms with Crippen molar-refractivity contribution in [1.29, 1.82) is 0 Å². The number of unbranched alkanes of at least 4 members (excludes halogenated alkanes) is 3. The summed E-state index contributed by atoms with van der Waals surface area (Å²) in [6, 6.07) is 15.1. The molecule has 0 saturated heterocycles. The van der Waals surface area contributed by atoms with E-state index in [9.17, 15) is 0 Å². The van der Waals surface area contributed by atoms with Crippen LogP contribution < -0.4 is 4.74 Å². The summed E-state index contributed by atoms with van der Waals surface area (Å²) in [6.45, 7) is 0.755. The summed E-state index contributed by atoms with van der Waals surface area (Å²) in [6.07, 6.45) is 10.1. The van der Waals surface area contributed by atoms with Gasteiger partial charge >= 0.3 is 0 Å². The van der Waals surface area contributed by atoms with E-state index >= 15 is 0 Å². The quantitative estimate of drug-likeness (QED) is 0.212. The molecule has 0 atom stereocenters. The Morgan fingerprint density at radius 2 is 1.42 bits per heavy atom. The first-order valence-corrected chi connectivity index (χ1v) is 9.21. The molecule has 3 nitrogen and oxygen atoms in total. The number of nitrogens with zero attached hydrogens (tertiary/aromatic N) is 2. The third-order valence-electron chi connectivity index (χ3n) is 3.45. The van der Waals surface area contributed by atoms with E-state index in [1.54, 1.807) is 0 Å². The van der Waals surface area contributed by atoms with E-state index in [1.165, 1.54) is 19.3 Å². The van der Waals surface area contributed by atoms with Gasteiger partial charge in [-0.1, -0.05) is 34.7 Å². The number of terminal acetylenes is 1. The van der Waals surface area contributed by atoms with Crippen LogP contribution in [-0.4, -0.2) is 11.9 Å². The Morgan fingerprint density at radius 1 is 0.833 bits per heavy atom. The van der Waals surface area contributed by atoms with Gasteiger partial charge in [0.25, 0.3) is 0 Å². The molecule has 0 aromatic heterocycles. The van der Waals surface area contributed by atoms with Gasteiger partial charge in [-0.2, -0.15) is 10.2 Å². The van der Waals surface area contributed by atoms with E-state index in [4.69, 9.17) is 11.2 Å². The van der Waals surface area contributed by atoms with E-state index in [0.29, 0.717) is 0 Å². The number of alkyl halides is 1. The molecular formula is C20H21BrN2O. The molecule has 0 N–H and O–H groups in total. The largest absolute Gasteiger partial charge is 0.494 e. The van der Waals surface area contributed by atoms with Crippen LogP contribution in [0.2, 0.25) is 0 Å². The fourth-order valence-corrected chi connectivity index (χ4v) is 2.49. The van der Waals surface area contributed by atoms with Gasteiger partial charge in [-0.3, -0.25) is 0 Å². The smallest absolute Gasteiger partial charge is 0.119 e. The lowest BCUT2D eigenvalue weighted by atomic mass is 10.2. The van der Waals surface area contributed by atoms with Crippen molar-refractivity contribution in [3.63, 3.8) is 0 Å². The highest BCUT2D eigenvalue weighted by Gasteiger charge is 1.96. The summed E-state index contributed by atoms with van der Waals surface area (Å²) >= 11 is 3.44. The molecule has 2 aromatic rings. The molecule has 0 amide bonds. The summed E-state index contributed by atoms with van der Waals surface area (Å²) in [5.41, 5.74) is 2.40. The second-order valence-electron chi connectivity index (χ2n) is 5.34. The number of hydrogen-bond acceptors (Lipinski definition) is 3. The maximum absolute atomic E-state index is 5.73. The summed E-state index contributed by atoms with van der Waals surface area (Å²) in [4.78, 5) is 0. The van der Waals surface area contributed by atoms with E-state index in [-0.39, 0.29) is 0 Å². The topological polar surface area (TPSA) is 34.0 Å². The summed E-state index contributed by atoms with van der Waals surface area (Å²) < 4.78 is 5.73. The molecule has 2 rings (SSSR count). The lowest BCUT2D eigenvalue weighted by Gasteiger charge is -2.05. The van der Waals surface area contributed by atoms with Crippen molar-refractivity contribution in [2.75, 3.05) is 11.9 Å². The highest BCUT2D eigenvalue weighted by Crippen LogP contribution is 2.21. The van der Waals surface area contributed by atoms with Gasteiger partial charge in [0.2, 0.25) is 0 Å². The van der Waals surface area contributed by atoms with Crippen molar-refractivity contribution in [2.24, 2.45) is 10.2 Å². The zero-order valence-corrected chi connectivity index (χ0v) is 15.2. The van der Waals surface area contributed by atoms with Crippen LogP contribution in [0.4, 0.5) is 11.4 Å². The van der Waals surface area contributed by atoms with Crippen LogP contribution in [0.5, 0.6) is 5.75 Å². The van der Waals surface area contributed by atoms with Crippen molar-refractivity contribution in [3.8, 4) is 18.1 Å². The minimum atomic E-state index is 0.755. The second-order valence-corrected chi connectivity index (χ2v) is 6.13. The Balaban J connectivity index is 1.78. The van der Waals surface area contributed by atoms with Gasteiger partial charge in [-0.25, -0.2) is 0 Å². The van der Waals surface area contributed by atoms with Gasteiger partial charge < -0.3 is 4.74 Å². The molecule has 2 aromatic carbocycles. The van der Waals surface area contributed by atoms with Crippen LogP contribution in [0.3, 0.4) is 0 Å². The van der Waals surface area contributed by atoms with Crippen LogP contribution >= 0.6 is 15.9 Å². The Morgan fingerprint density at radius 3 is 2.00 bits per heavy atom. The molecule has 0 aliphatic rings. The number of azo groups is 1. The molecule has 0 saturated carbocycles. The van der Waals surface area contributed by atoms with Gasteiger partial charge in [0.05, 0.1) is 18.0 Å². The van der Waals surface area contributed by atoms with Gasteiger partial charge in [-0.05, 0) is 61.4 Å². The first-order valence-electron chi connectivity index (χ1n) is 8.09. The molecule has 0 unspecified atom stereocenters. The number of hydrogen-bond donors (Lipinski definition) is 0. The molecule has 0 fully saturated rings. The maximum atomic E-state index is 5.73. The Labute approximate surface area is 152 Å². The SMILES string of the molecule is C#Cc1ccc(N=Nc2ccc(OCCCCCCBr)cc2)cc1. The first-order chi connectivity index (χ1) is 11.8. The maximum Gasteiger partial charge on any atom is 0.119 e. The van der Waals surface area contributed by atoms with Crippen LogP contribution in [0.1, 0.15) is 31.2 Å². The molecule has 0 radical (unpaired) electrons. The normalized spacial score (nSPS) is 10.7. The van der Waals surface area contributed by atoms with E-state index in [1.807, 2.05) is 48.5 Å². The Hall–Kier alpha value is -2.12. The summed E-state index contributed by atoms with van der Waals surface area (Å²) in [5, 5.41) is 9.50. The molecule has 0 bridgehead atoms. The number of rotatable bonds is 9. The van der Waals surface area contributed by atoms with Crippen LogP contribution in [0.25, 0.3) is 0 Å². The zero-order chi connectivity index (χ0) is 17.0. The average Bonchev–Trinajstić information content (AvgIpc) is 2.64. The molecule has 0 spiro atoms. The molecule has 24 heavy (non-hydrogen) atoms. The van der Waals surface area contributed by atoms with E-state index in [2.05, 4.69) is 32.1 Å². The summed E-state index contributed by atoms with van der Waals surface area (Å²) in [7, 11) is 0. The molecule has 0 aliphatic carbocycles. The standard InChI is InChI=1S/C20H21BrN2O/c1-2-17-7-9-18(10-8-17)22-23-19-11-13-20(14-12-19)24-16-6-4-3-5-15-21/h1,7-14H,3-6,15-16H2. The van der Waals surface area contributed by atoms with Crippen molar-refractivity contribution >= 4 is 27.3 Å². The minimum absolute atomic E-state index is 0.755. The Kier molecular flexibility index (Phi) is 8.06. The fraction of sp³-hybridized carbons (Fsp3) is 0.300. The van der Waals surface area contributed by atoms with Crippen molar-refractivity contribution < 1.29 is 4.74 Å². The van der Waals surface area contributed by atoms with Crippen molar-refractivity contribution in [3.05, 3.63) is 54.1 Å². The molecule has 0 heterocycles. The second kappa shape index (κ2) is 10.6. The lowest BCUT2D eigenvalue weighted by Crippen LogP contribution is -1.96. The van der Waals surface area contributed by atoms with Crippen molar-refractivity contribution in [2.45, 2.75) is 25.7 Å². The summed E-state index contributed by atoms with van der Waals surface area (Å²) in [5.74, 6) is 3.45. The van der Waals surface area contributed by atoms with Gasteiger partial charge in [-0.15, -0.1) is 6.42 Å². The predicted molar refractivity (Wildman–Crippen MR) is 103 cm³/mol. The van der Waals surface area contributed by atoms with Crippen LogP contribution in [0, 0.1) is 12.3 Å². The average molecular weight is 385 g/mol. The lowest BCUT2D eigenvalue weighted by molar-refractivity contribution is 0.305. The molecule has 4 heteroatoms. The number of ether oxygens (including phenoxy) is 1. The van der Waals surface area contributed by atoms with Gasteiger partial charge in [0.1, 0.15) is 5.75 Å². The number of benzene rings is 2. The molecular weight excluding hydrogens is 364 g/mol. The minimum Gasteiger partial charge on any atom is -0.494 e. The zero-order valence-electron chi connectivity index (χ0n) is 13.6. The number of halogens is 1. The fourth-order valence-electron chi connectivity index (χ4n) is 2.09. The molecule has 0 aliphatic heterocycles. The highest BCUT2D eigenvalue weighted by molar-refractivity contribution is 9.09. The van der Waals surface area contributed by atoms with Crippen molar-refractivity contribution in [1.82, 2.24) is 0 Å². The monoisotopic (exact) mass is 384 g/mol. The first kappa shape index (κ1) is 18.2. The van der Waals surface area contributed by atoms with Gasteiger partial charge in [0, 0.05) is 10.9 Å². The third-order valence-corrected chi connectivity index (χ3v) is 4.01.